The Balaban J connectivity index is 2.22. The Morgan fingerprint density at radius 1 is 1.09 bits per heavy atom. The molecule has 2 aromatic rings. The zero-order valence-corrected chi connectivity index (χ0v) is 12.3. The second-order valence-corrected chi connectivity index (χ2v) is 4.86. The van der Waals surface area contributed by atoms with Crippen LogP contribution in [0.5, 0.6) is 0 Å². The van der Waals surface area contributed by atoms with Crippen molar-refractivity contribution in [2.24, 2.45) is 5.73 Å². The predicted molar refractivity (Wildman–Crippen MR) is 87.2 cm³/mol. The van der Waals surface area contributed by atoms with E-state index in [1.807, 2.05) is 60.7 Å². The first-order valence-corrected chi connectivity index (χ1v) is 7.12. The largest absolute Gasteiger partial charge is 0.445 e. The highest BCUT2D eigenvalue weighted by atomic mass is 16.5. The zero-order chi connectivity index (χ0) is 15.8. The average molecular weight is 296 g/mol. The van der Waals surface area contributed by atoms with Crippen LogP contribution in [-0.4, -0.2) is 12.7 Å². The molecule has 0 unspecified atom stereocenters. The normalized spacial score (nSPS) is 13.0. The fourth-order valence-corrected chi connectivity index (χ4v) is 2.21. The number of ether oxygens (including phenoxy) is 1. The van der Waals surface area contributed by atoms with Crippen LogP contribution in [0.25, 0.3) is 0 Å². The summed E-state index contributed by atoms with van der Waals surface area (Å²) >= 11 is 0. The lowest BCUT2D eigenvalue weighted by molar-refractivity contribution is 0.152. The monoisotopic (exact) mass is 296 g/mol. The summed E-state index contributed by atoms with van der Waals surface area (Å²) in [5, 5.41) is 2.83. The Morgan fingerprint density at radius 3 is 2.18 bits per heavy atom. The highest BCUT2D eigenvalue weighted by molar-refractivity contribution is 5.68. The van der Waals surface area contributed by atoms with Crippen molar-refractivity contribution in [1.29, 1.82) is 0 Å². The highest BCUT2D eigenvalue weighted by Crippen LogP contribution is 2.26. The van der Waals surface area contributed by atoms with Crippen molar-refractivity contribution in [3.05, 3.63) is 84.4 Å². The lowest BCUT2D eigenvalue weighted by Crippen LogP contribution is -2.36. The third-order valence-electron chi connectivity index (χ3n) is 3.31. The average Bonchev–Trinajstić information content (AvgIpc) is 2.59. The Bertz CT molecular complexity index is 599. The lowest BCUT2D eigenvalue weighted by atomic mass is 9.94. The fourth-order valence-electron chi connectivity index (χ4n) is 2.21. The van der Waals surface area contributed by atoms with Gasteiger partial charge in [0, 0.05) is 0 Å². The molecule has 0 saturated heterocycles. The number of nitrogens with two attached hydrogens (primary N) is 1. The summed E-state index contributed by atoms with van der Waals surface area (Å²) in [6.07, 6.45) is 1.01. The SMILES string of the molecule is C=CCOC(=O)N[C@@H](c1ccccc1)[C@H](N)c1ccccc1. The summed E-state index contributed by atoms with van der Waals surface area (Å²) in [6.45, 7) is 3.68. The third kappa shape index (κ3) is 4.20. The maximum absolute atomic E-state index is 11.9. The topological polar surface area (TPSA) is 64.3 Å². The van der Waals surface area contributed by atoms with Gasteiger partial charge in [-0.3, -0.25) is 0 Å². The number of carbonyl (C=O) groups is 1. The molecule has 0 aliphatic rings. The minimum absolute atomic E-state index is 0.161. The van der Waals surface area contributed by atoms with Gasteiger partial charge in [-0.15, -0.1) is 0 Å². The maximum atomic E-state index is 11.9. The molecule has 0 aliphatic carbocycles. The number of alkyl carbamates (subject to hydrolysis) is 1. The van der Waals surface area contributed by atoms with E-state index in [1.165, 1.54) is 6.08 Å². The maximum Gasteiger partial charge on any atom is 0.407 e. The van der Waals surface area contributed by atoms with Gasteiger partial charge >= 0.3 is 6.09 Å². The van der Waals surface area contributed by atoms with Crippen molar-refractivity contribution in [3.63, 3.8) is 0 Å². The number of amides is 1. The Labute approximate surface area is 130 Å². The first-order valence-electron chi connectivity index (χ1n) is 7.12. The van der Waals surface area contributed by atoms with Crippen molar-refractivity contribution in [1.82, 2.24) is 5.32 Å². The van der Waals surface area contributed by atoms with Gasteiger partial charge in [0.15, 0.2) is 0 Å². The van der Waals surface area contributed by atoms with E-state index in [4.69, 9.17) is 10.5 Å². The summed E-state index contributed by atoms with van der Waals surface area (Å²) in [6, 6.07) is 18.5. The van der Waals surface area contributed by atoms with E-state index in [-0.39, 0.29) is 18.7 Å². The minimum Gasteiger partial charge on any atom is -0.445 e. The predicted octanol–water partition coefficient (Wildman–Crippen LogP) is 3.34. The summed E-state index contributed by atoms with van der Waals surface area (Å²) in [4.78, 5) is 11.9. The van der Waals surface area contributed by atoms with E-state index in [1.54, 1.807) is 0 Å². The van der Waals surface area contributed by atoms with Gasteiger partial charge in [-0.05, 0) is 11.1 Å². The van der Waals surface area contributed by atoms with Gasteiger partial charge in [-0.1, -0.05) is 73.3 Å². The molecule has 0 spiro atoms. The molecule has 2 atom stereocenters. The molecule has 114 valence electrons. The number of hydrogen-bond donors (Lipinski definition) is 2. The molecule has 22 heavy (non-hydrogen) atoms. The standard InChI is InChI=1S/C18H20N2O2/c1-2-13-22-18(21)20-17(15-11-7-4-8-12-15)16(19)14-9-5-3-6-10-14/h2-12,16-17H,1,13,19H2,(H,20,21)/t16-,17+/m1/s1. The molecule has 3 N–H and O–H groups in total. The molecule has 0 bridgehead atoms. The molecule has 1 amide bonds. The van der Waals surface area contributed by atoms with Crippen molar-refractivity contribution >= 4 is 6.09 Å². The zero-order valence-electron chi connectivity index (χ0n) is 12.3. The molecule has 0 saturated carbocycles. The van der Waals surface area contributed by atoms with E-state index in [2.05, 4.69) is 11.9 Å². The quantitative estimate of drug-likeness (QED) is 0.804. The minimum atomic E-state index is -0.514. The van der Waals surface area contributed by atoms with Crippen molar-refractivity contribution in [2.75, 3.05) is 6.61 Å². The number of rotatable bonds is 6. The molecular weight excluding hydrogens is 276 g/mol. The molecule has 2 rings (SSSR count). The van der Waals surface area contributed by atoms with E-state index < -0.39 is 6.09 Å². The lowest BCUT2D eigenvalue weighted by Gasteiger charge is -2.25. The van der Waals surface area contributed by atoms with Crippen LogP contribution in [0.4, 0.5) is 4.79 Å². The molecule has 0 aliphatic heterocycles. The summed E-state index contributed by atoms with van der Waals surface area (Å²) in [5.41, 5.74) is 8.23. The van der Waals surface area contributed by atoms with Crippen LogP contribution in [0, 0.1) is 0 Å². The van der Waals surface area contributed by atoms with Crippen LogP contribution >= 0.6 is 0 Å². The number of carbonyl (C=O) groups excluding carboxylic acids is 1. The molecule has 4 nitrogen and oxygen atoms in total. The second kappa shape index (κ2) is 8.00. The molecule has 4 heteroatoms. The Morgan fingerprint density at radius 2 is 1.64 bits per heavy atom. The first-order chi connectivity index (χ1) is 10.7. The summed E-state index contributed by atoms with van der Waals surface area (Å²) in [7, 11) is 0. The van der Waals surface area contributed by atoms with Gasteiger partial charge in [-0.2, -0.15) is 0 Å². The molecule has 2 aromatic carbocycles. The van der Waals surface area contributed by atoms with Crippen LogP contribution in [0.3, 0.4) is 0 Å². The highest BCUT2D eigenvalue weighted by Gasteiger charge is 2.23. The molecule has 0 fully saturated rings. The Kier molecular flexibility index (Phi) is 5.74. The summed E-state index contributed by atoms with van der Waals surface area (Å²) in [5.74, 6) is 0. The Hall–Kier alpha value is -2.59. The van der Waals surface area contributed by atoms with Crippen LogP contribution < -0.4 is 11.1 Å². The van der Waals surface area contributed by atoms with Gasteiger partial charge in [0.1, 0.15) is 6.61 Å². The van der Waals surface area contributed by atoms with Crippen LogP contribution in [-0.2, 0) is 4.74 Å². The van der Waals surface area contributed by atoms with E-state index in [9.17, 15) is 4.79 Å². The van der Waals surface area contributed by atoms with Gasteiger partial charge in [0.25, 0.3) is 0 Å². The first kappa shape index (κ1) is 15.8. The van der Waals surface area contributed by atoms with Crippen molar-refractivity contribution in [2.45, 2.75) is 12.1 Å². The molecular formula is C18H20N2O2. The van der Waals surface area contributed by atoms with Gasteiger partial charge < -0.3 is 15.8 Å². The van der Waals surface area contributed by atoms with Crippen LogP contribution in [0.15, 0.2) is 73.3 Å². The van der Waals surface area contributed by atoms with Crippen molar-refractivity contribution < 1.29 is 9.53 Å². The number of benzene rings is 2. The van der Waals surface area contributed by atoms with E-state index in [0.717, 1.165) is 11.1 Å². The molecule has 0 radical (unpaired) electrons. The third-order valence-corrected chi connectivity index (χ3v) is 3.31. The summed E-state index contributed by atoms with van der Waals surface area (Å²) < 4.78 is 5.01. The van der Waals surface area contributed by atoms with Gasteiger partial charge in [0.05, 0.1) is 12.1 Å². The number of nitrogens with one attached hydrogen (secondary N) is 1. The van der Waals surface area contributed by atoms with Crippen molar-refractivity contribution in [3.8, 4) is 0 Å². The van der Waals surface area contributed by atoms with Gasteiger partial charge in [0.2, 0.25) is 0 Å². The van der Waals surface area contributed by atoms with Gasteiger partial charge in [-0.25, -0.2) is 4.79 Å². The smallest absolute Gasteiger partial charge is 0.407 e. The second-order valence-electron chi connectivity index (χ2n) is 4.86. The fraction of sp³-hybridized carbons (Fsp3) is 0.167. The molecule has 0 aromatic heterocycles. The van der Waals surface area contributed by atoms with E-state index >= 15 is 0 Å². The van der Waals surface area contributed by atoms with E-state index in [0.29, 0.717) is 0 Å². The van der Waals surface area contributed by atoms with Crippen LogP contribution in [0.1, 0.15) is 23.2 Å². The molecule has 0 heterocycles. The van der Waals surface area contributed by atoms with Crippen LogP contribution in [0.2, 0.25) is 0 Å². The number of hydrogen-bond acceptors (Lipinski definition) is 3.